The molecule has 138 valence electrons. The molecule has 0 fully saturated rings. The number of aryl methyl sites for hydroxylation is 1. The van der Waals surface area contributed by atoms with Crippen molar-refractivity contribution in [3.05, 3.63) is 83.9 Å². The van der Waals surface area contributed by atoms with Crippen LogP contribution in [0.2, 0.25) is 0 Å². The van der Waals surface area contributed by atoms with Crippen LogP contribution in [-0.4, -0.2) is 25.5 Å². The molecule has 0 saturated carbocycles. The Morgan fingerprint density at radius 1 is 0.966 bits per heavy atom. The standard InChI is InChI=1S/C23H15N5O/c24-13-18-2-1-9-26-23(18)28-14-20(22(27-28)15-7-10-25-11-8-15)17-3-5-19-16(12-17)4-6-21(19)29/h1-3,5,7-12,14H,4,6H2. The Morgan fingerprint density at radius 2 is 1.83 bits per heavy atom. The van der Waals surface area contributed by atoms with Gasteiger partial charge < -0.3 is 0 Å². The van der Waals surface area contributed by atoms with Gasteiger partial charge in [-0.3, -0.25) is 9.78 Å². The van der Waals surface area contributed by atoms with E-state index in [1.807, 2.05) is 30.5 Å². The Bertz CT molecular complexity index is 1280. The molecule has 1 aliphatic carbocycles. The van der Waals surface area contributed by atoms with Crippen molar-refractivity contribution >= 4 is 5.78 Å². The number of carbonyl (C=O) groups excluding carboxylic acids is 1. The first kappa shape index (κ1) is 17.0. The number of hydrogen-bond donors (Lipinski definition) is 0. The largest absolute Gasteiger partial charge is 0.294 e. The SMILES string of the molecule is N#Cc1cccnc1-n1cc(-c2ccc3c(c2)CCC3=O)c(-c2ccncc2)n1. The summed E-state index contributed by atoms with van der Waals surface area (Å²) in [5, 5.41) is 14.2. The summed E-state index contributed by atoms with van der Waals surface area (Å²) in [4.78, 5) is 20.4. The van der Waals surface area contributed by atoms with Gasteiger partial charge in [-0.1, -0.05) is 18.2 Å². The maximum Gasteiger partial charge on any atom is 0.171 e. The van der Waals surface area contributed by atoms with Gasteiger partial charge in [0.05, 0.1) is 5.56 Å². The van der Waals surface area contributed by atoms with Crippen LogP contribution in [0.3, 0.4) is 0 Å². The fourth-order valence-corrected chi connectivity index (χ4v) is 3.71. The lowest BCUT2D eigenvalue weighted by molar-refractivity contribution is 0.0994. The van der Waals surface area contributed by atoms with Crippen LogP contribution >= 0.6 is 0 Å². The quantitative estimate of drug-likeness (QED) is 0.539. The molecule has 3 aromatic heterocycles. The number of ketones is 1. The minimum atomic E-state index is 0.198. The van der Waals surface area contributed by atoms with Crippen LogP contribution in [0.25, 0.3) is 28.2 Å². The Morgan fingerprint density at radius 3 is 2.66 bits per heavy atom. The predicted molar refractivity (Wildman–Crippen MR) is 107 cm³/mol. The lowest BCUT2D eigenvalue weighted by Gasteiger charge is -2.05. The first-order valence-corrected chi connectivity index (χ1v) is 9.26. The summed E-state index contributed by atoms with van der Waals surface area (Å²) in [7, 11) is 0. The lowest BCUT2D eigenvalue weighted by Crippen LogP contribution is -2.01. The summed E-state index contributed by atoms with van der Waals surface area (Å²) >= 11 is 0. The fourth-order valence-electron chi connectivity index (χ4n) is 3.71. The Kier molecular flexibility index (Phi) is 3.99. The summed E-state index contributed by atoms with van der Waals surface area (Å²) in [5.41, 5.74) is 5.90. The number of fused-ring (bicyclic) bond motifs is 1. The molecule has 29 heavy (non-hydrogen) atoms. The van der Waals surface area contributed by atoms with Crippen molar-refractivity contribution in [2.24, 2.45) is 0 Å². The van der Waals surface area contributed by atoms with E-state index in [2.05, 4.69) is 22.1 Å². The number of aromatic nitrogens is 4. The van der Waals surface area contributed by atoms with E-state index in [1.165, 1.54) is 0 Å². The van der Waals surface area contributed by atoms with Crippen LogP contribution < -0.4 is 0 Å². The zero-order valence-corrected chi connectivity index (χ0v) is 15.4. The average Bonchev–Trinajstić information content (AvgIpc) is 3.38. The normalized spacial score (nSPS) is 12.6. The Hall–Kier alpha value is -4.11. The van der Waals surface area contributed by atoms with Crippen LogP contribution in [0.1, 0.15) is 27.9 Å². The zero-order valence-electron chi connectivity index (χ0n) is 15.4. The number of Topliss-reactive ketones (excluding diaryl/α,β-unsaturated/α-hetero) is 1. The molecule has 5 rings (SSSR count). The van der Waals surface area contributed by atoms with Crippen molar-refractivity contribution in [1.29, 1.82) is 5.26 Å². The van der Waals surface area contributed by atoms with Crippen molar-refractivity contribution < 1.29 is 4.79 Å². The smallest absolute Gasteiger partial charge is 0.171 e. The second-order valence-corrected chi connectivity index (χ2v) is 6.85. The molecule has 0 aliphatic heterocycles. The summed E-state index contributed by atoms with van der Waals surface area (Å²) in [6.07, 6.45) is 8.30. The molecule has 0 atom stereocenters. The van der Waals surface area contributed by atoms with E-state index in [9.17, 15) is 10.1 Å². The molecule has 0 N–H and O–H groups in total. The number of pyridine rings is 2. The van der Waals surface area contributed by atoms with Gasteiger partial charge in [0.25, 0.3) is 0 Å². The summed E-state index contributed by atoms with van der Waals surface area (Å²) < 4.78 is 1.64. The van der Waals surface area contributed by atoms with E-state index < -0.39 is 0 Å². The van der Waals surface area contributed by atoms with Crippen LogP contribution in [-0.2, 0) is 6.42 Å². The van der Waals surface area contributed by atoms with Crippen LogP contribution in [0.15, 0.2) is 67.3 Å². The molecule has 0 spiro atoms. The van der Waals surface area contributed by atoms with Crippen LogP contribution in [0.4, 0.5) is 0 Å². The van der Waals surface area contributed by atoms with E-state index in [-0.39, 0.29) is 5.78 Å². The van der Waals surface area contributed by atoms with Gasteiger partial charge in [0.1, 0.15) is 11.8 Å². The van der Waals surface area contributed by atoms with E-state index in [4.69, 9.17) is 5.10 Å². The van der Waals surface area contributed by atoms with Gasteiger partial charge in [-0.15, -0.1) is 0 Å². The molecule has 4 aromatic rings. The van der Waals surface area contributed by atoms with Gasteiger partial charge in [0.2, 0.25) is 0 Å². The number of hydrogen-bond acceptors (Lipinski definition) is 5. The molecular formula is C23H15N5O. The molecular weight excluding hydrogens is 362 g/mol. The maximum atomic E-state index is 12.0. The van der Waals surface area contributed by atoms with Crippen molar-refractivity contribution in [2.75, 3.05) is 0 Å². The van der Waals surface area contributed by atoms with Gasteiger partial charge in [-0.05, 0) is 41.8 Å². The predicted octanol–water partition coefficient (Wildman–Crippen LogP) is 4.00. The number of nitriles is 1. The molecule has 6 heteroatoms. The minimum absolute atomic E-state index is 0.198. The molecule has 6 nitrogen and oxygen atoms in total. The third kappa shape index (κ3) is 2.89. The van der Waals surface area contributed by atoms with E-state index in [0.29, 0.717) is 17.8 Å². The fraction of sp³-hybridized carbons (Fsp3) is 0.0870. The minimum Gasteiger partial charge on any atom is -0.294 e. The summed E-state index contributed by atoms with van der Waals surface area (Å²) in [6, 6.07) is 15.3. The van der Waals surface area contributed by atoms with E-state index >= 15 is 0 Å². The van der Waals surface area contributed by atoms with Gasteiger partial charge in [0.15, 0.2) is 11.6 Å². The maximum absolute atomic E-state index is 12.0. The van der Waals surface area contributed by atoms with E-state index in [1.54, 1.807) is 35.4 Å². The summed E-state index contributed by atoms with van der Waals surface area (Å²) in [5.74, 6) is 0.677. The second-order valence-electron chi connectivity index (χ2n) is 6.85. The molecule has 3 heterocycles. The van der Waals surface area contributed by atoms with Gasteiger partial charge >= 0.3 is 0 Å². The Labute approximate surface area is 167 Å². The van der Waals surface area contributed by atoms with Gasteiger partial charge in [-0.2, -0.15) is 10.4 Å². The molecule has 0 unspecified atom stereocenters. The number of carbonyl (C=O) groups is 1. The summed E-state index contributed by atoms with van der Waals surface area (Å²) in [6.45, 7) is 0. The van der Waals surface area contributed by atoms with Crippen LogP contribution in [0.5, 0.6) is 0 Å². The first-order valence-electron chi connectivity index (χ1n) is 9.26. The molecule has 0 radical (unpaired) electrons. The highest BCUT2D eigenvalue weighted by Crippen LogP contribution is 2.34. The molecule has 1 aliphatic rings. The van der Waals surface area contributed by atoms with Gasteiger partial charge in [0, 0.05) is 47.9 Å². The van der Waals surface area contributed by atoms with Crippen LogP contribution in [0, 0.1) is 11.3 Å². The van der Waals surface area contributed by atoms with Crippen molar-refractivity contribution in [3.63, 3.8) is 0 Å². The highest BCUT2D eigenvalue weighted by atomic mass is 16.1. The molecule has 0 amide bonds. The average molecular weight is 377 g/mol. The molecule has 0 bridgehead atoms. The van der Waals surface area contributed by atoms with E-state index in [0.717, 1.165) is 39.9 Å². The highest BCUT2D eigenvalue weighted by Gasteiger charge is 2.22. The zero-order chi connectivity index (χ0) is 19.8. The molecule has 0 saturated heterocycles. The Balaban J connectivity index is 1.71. The van der Waals surface area contributed by atoms with Crippen molar-refractivity contribution in [1.82, 2.24) is 19.7 Å². The topological polar surface area (TPSA) is 84.5 Å². The van der Waals surface area contributed by atoms with Crippen molar-refractivity contribution in [3.8, 4) is 34.3 Å². The van der Waals surface area contributed by atoms with Crippen molar-refractivity contribution in [2.45, 2.75) is 12.8 Å². The third-order valence-electron chi connectivity index (χ3n) is 5.13. The lowest BCUT2D eigenvalue weighted by atomic mass is 9.98. The number of benzene rings is 1. The monoisotopic (exact) mass is 377 g/mol. The second kappa shape index (κ2) is 6.80. The third-order valence-corrected chi connectivity index (χ3v) is 5.13. The highest BCUT2D eigenvalue weighted by molar-refractivity contribution is 6.01. The van der Waals surface area contributed by atoms with Gasteiger partial charge in [-0.25, -0.2) is 9.67 Å². The molecule has 1 aromatic carbocycles. The number of nitrogens with zero attached hydrogens (tertiary/aromatic N) is 5. The first-order chi connectivity index (χ1) is 14.2. The number of rotatable bonds is 3.